The van der Waals surface area contributed by atoms with Crippen molar-refractivity contribution in [2.45, 2.75) is 26.8 Å². The van der Waals surface area contributed by atoms with Gasteiger partial charge in [-0.15, -0.1) is 0 Å². The fourth-order valence-electron chi connectivity index (χ4n) is 2.39. The highest BCUT2D eigenvalue weighted by molar-refractivity contribution is 5.12. The summed E-state index contributed by atoms with van der Waals surface area (Å²) in [6.07, 6.45) is 3.31. The lowest BCUT2D eigenvalue weighted by Gasteiger charge is -2.13. The van der Waals surface area contributed by atoms with E-state index in [1.807, 2.05) is 13.1 Å². The van der Waals surface area contributed by atoms with Gasteiger partial charge in [-0.2, -0.15) is 0 Å². The molecule has 0 amide bonds. The maximum atomic E-state index is 4.31. The average molecular weight is 233 g/mol. The summed E-state index contributed by atoms with van der Waals surface area (Å²) in [6, 6.07) is 4.23. The highest BCUT2D eigenvalue weighted by Crippen LogP contribution is 2.14. The largest absolute Gasteiger partial charge is 0.312 e. The predicted octanol–water partition coefficient (Wildman–Crippen LogP) is 1.82. The normalized spacial score (nSPS) is 20.9. The van der Waals surface area contributed by atoms with Gasteiger partial charge >= 0.3 is 0 Å². The van der Waals surface area contributed by atoms with Gasteiger partial charge in [-0.05, 0) is 50.5 Å². The number of nitrogens with one attached hydrogen (secondary N) is 1. The maximum absolute atomic E-state index is 4.31. The van der Waals surface area contributed by atoms with Gasteiger partial charge in [0.05, 0.1) is 0 Å². The first-order valence-electron chi connectivity index (χ1n) is 6.62. The number of rotatable bonds is 5. The SMILES string of the molecule is CCN1CCC(CNCc2ccc(C)nc2)C1. The molecule has 1 aromatic heterocycles. The number of hydrogen-bond acceptors (Lipinski definition) is 3. The minimum Gasteiger partial charge on any atom is -0.312 e. The number of pyridine rings is 1. The van der Waals surface area contributed by atoms with Gasteiger partial charge in [0, 0.05) is 25.0 Å². The molecule has 0 saturated carbocycles. The molecule has 1 fully saturated rings. The first kappa shape index (κ1) is 12.5. The molecule has 0 aromatic carbocycles. The zero-order valence-electron chi connectivity index (χ0n) is 10.9. The molecule has 0 aliphatic carbocycles. The van der Waals surface area contributed by atoms with Crippen LogP contribution in [0.4, 0.5) is 0 Å². The van der Waals surface area contributed by atoms with Crippen molar-refractivity contribution in [1.29, 1.82) is 0 Å². The Morgan fingerprint density at radius 2 is 2.35 bits per heavy atom. The van der Waals surface area contributed by atoms with Crippen LogP contribution in [-0.2, 0) is 6.54 Å². The van der Waals surface area contributed by atoms with Crippen LogP contribution in [0.1, 0.15) is 24.6 Å². The number of likely N-dealkylation sites (tertiary alicyclic amines) is 1. The van der Waals surface area contributed by atoms with E-state index in [2.05, 4.69) is 34.3 Å². The Kier molecular flexibility index (Phi) is 4.51. The third-order valence-corrected chi connectivity index (χ3v) is 3.55. The fraction of sp³-hybridized carbons (Fsp3) is 0.643. The summed E-state index contributed by atoms with van der Waals surface area (Å²) in [5, 5.41) is 3.54. The topological polar surface area (TPSA) is 28.2 Å². The van der Waals surface area contributed by atoms with Crippen LogP contribution >= 0.6 is 0 Å². The zero-order valence-corrected chi connectivity index (χ0v) is 10.9. The third-order valence-electron chi connectivity index (χ3n) is 3.55. The second kappa shape index (κ2) is 6.12. The Morgan fingerprint density at radius 3 is 3.00 bits per heavy atom. The van der Waals surface area contributed by atoms with Crippen molar-refractivity contribution in [1.82, 2.24) is 15.2 Å². The number of aromatic nitrogens is 1. The summed E-state index contributed by atoms with van der Waals surface area (Å²) in [5.41, 5.74) is 2.36. The van der Waals surface area contributed by atoms with Crippen LogP contribution in [0.25, 0.3) is 0 Å². The van der Waals surface area contributed by atoms with E-state index in [4.69, 9.17) is 0 Å². The Balaban J connectivity index is 1.68. The van der Waals surface area contributed by atoms with Gasteiger partial charge in [0.15, 0.2) is 0 Å². The van der Waals surface area contributed by atoms with Gasteiger partial charge in [-0.25, -0.2) is 0 Å². The zero-order chi connectivity index (χ0) is 12.1. The van der Waals surface area contributed by atoms with Gasteiger partial charge in [0.1, 0.15) is 0 Å². The van der Waals surface area contributed by atoms with E-state index in [0.29, 0.717) is 0 Å². The Hall–Kier alpha value is -0.930. The smallest absolute Gasteiger partial charge is 0.0372 e. The molecule has 1 N–H and O–H groups in total. The molecule has 17 heavy (non-hydrogen) atoms. The molecule has 1 atom stereocenters. The summed E-state index contributed by atoms with van der Waals surface area (Å²) in [6.45, 7) is 10.1. The average Bonchev–Trinajstić information content (AvgIpc) is 2.80. The molecule has 2 rings (SSSR count). The summed E-state index contributed by atoms with van der Waals surface area (Å²) in [4.78, 5) is 6.83. The third kappa shape index (κ3) is 3.79. The van der Waals surface area contributed by atoms with Crippen LogP contribution in [0.3, 0.4) is 0 Å². The van der Waals surface area contributed by atoms with Crippen molar-refractivity contribution in [2.24, 2.45) is 5.92 Å². The minimum atomic E-state index is 0.827. The highest BCUT2D eigenvalue weighted by atomic mass is 15.1. The Bertz CT molecular complexity index is 334. The molecule has 3 heteroatoms. The van der Waals surface area contributed by atoms with Crippen LogP contribution in [0.15, 0.2) is 18.3 Å². The second-order valence-corrected chi connectivity index (χ2v) is 4.99. The van der Waals surface area contributed by atoms with Gasteiger partial charge in [0.25, 0.3) is 0 Å². The molecule has 2 heterocycles. The van der Waals surface area contributed by atoms with Crippen molar-refractivity contribution >= 4 is 0 Å². The van der Waals surface area contributed by atoms with Crippen LogP contribution < -0.4 is 5.32 Å². The van der Waals surface area contributed by atoms with Gasteiger partial charge in [-0.1, -0.05) is 13.0 Å². The molecular formula is C14H23N3. The van der Waals surface area contributed by atoms with Crippen LogP contribution in [0.2, 0.25) is 0 Å². The van der Waals surface area contributed by atoms with E-state index in [1.54, 1.807) is 0 Å². The second-order valence-electron chi connectivity index (χ2n) is 4.99. The maximum Gasteiger partial charge on any atom is 0.0372 e. The van der Waals surface area contributed by atoms with E-state index >= 15 is 0 Å². The highest BCUT2D eigenvalue weighted by Gasteiger charge is 2.20. The van der Waals surface area contributed by atoms with Gasteiger partial charge < -0.3 is 10.2 Å². The van der Waals surface area contributed by atoms with Crippen molar-refractivity contribution in [3.05, 3.63) is 29.6 Å². The molecule has 1 unspecified atom stereocenters. The minimum absolute atomic E-state index is 0.827. The number of aryl methyl sites for hydroxylation is 1. The van der Waals surface area contributed by atoms with E-state index in [0.717, 1.165) is 24.7 Å². The summed E-state index contributed by atoms with van der Waals surface area (Å²) < 4.78 is 0. The molecular weight excluding hydrogens is 210 g/mol. The lowest BCUT2D eigenvalue weighted by atomic mass is 10.1. The summed E-state index contributed by atoms with van der Waals surface area (Å²) in [5.74, 6) is 0.827. The first-order valence-corrected chi connectivity index (χ1v) is 6.62. The Morgan fingerprint density at radius 1 is 1.47 bits per heavy atom. The molecule has 0 radical (unpaired) electrons. The van der Waals surface area contributed by atoms with E-state index in [9.17, 15) is 0 Å². The van der Waals surface area contributed by atoms with Crippen LogP contribution in [-0.4, -0.2) is 36.1 Å². The van der Waals surface area contributed by atoms with Crippen molar-refractivity contribution < 1.29 is 0 Å². The number of nitrogens with zero attached hydrogens (tertiary/aromatic N) is 2. The van der Waals surface area contributed by atoms with Crippen molar-refractivity contribution in [3.63, 3.8) is 0 Å². The summed E-state index contributed by atoms with van der Waals surface area (Å²) in [7, 11) is 0. The fourth-order valence-corrected chi connectivity index (χ4v) is 2.39. The molecule has 0 spiro atoms. The number of hydrogen-bond donors (Lipinski definition) is 1. The standard InChI is InChI=1S/C14H23N3/c1-3-17-7-6-14(11-17)9-15-8-13-5-4-12(2)16-10-13/h4-5,10,14-15H,3,6-9,11H2,1-2H3. The summed E-state index contributed by atoms with van der Waals surface area (Å²) >= 11 is 0. The molecule has 0 bridgehead atoms. The predicted molar refractivity (Wildman–Crippen MR) is 70.9 cm³/mol. The van der Waals surface area contributed by atoms with Crippen molar-refractivity contribution in [2.75, 3.05) is 26.2 Å². The lowest BCUT2D eigenvalue weighted by molar-refractivity contribution is 0.339. The van der Waals surface area contributed by atoms with Gasteiger partial charge in [-0.3, -0.25) is 4.98 Å². The Labute approximate surface area is 104 Å². The van der Waals surface area contributed by atoms with Gasteiger partial charge in [0.2, 0.25) is 0 Å². The monoisotopic (exact) mass is 233 g/mol. The lowest BCUT2D eigenvalue weighted by Crippen LogP contribution is -2.26. The van der Waals surface area contributed by atoms with E-state index < -0.39 is 0 Å². The molecule has 1 saturated heterocycles. The van der Waals surface area contributed by atoms with Crippen molar-refractivity contribution in [3.8, 4) is 0 Å². The molecule has 1 aliphatic rings. The molecule has 3 nitrogen and oxygen atoms in total. The quantitative estimate of drug-likeness (QED) is 0.841. The first-order chi connectivity index (χ1) is 8.28. The molecule has 1 aromatic rings. The van der Waals surface area contributed by atoms with E-state index in [1.165, 1.54) is 31.6 Å². The van der Waals surface area contributed by atoms with Crippen LogP contribution in [0, 0.1) is 12.8 Å². The van der Waals surface area contributed by atoms with E-state index in [-0.39, 0.29) is 0 Å². The van der Waals surface area contributed by atoms with Crippen LogP contribution in [0.5, 0.6) is 0 Å². The molecule has 1 aliphatic heterocycles. The molecule has 94 valence electrons.